The van der Waals surface area contributed by atoms with Crippen LogP contribution in [-0.4, -0.2) is 33.3 Å². The van der Waals surface area contributed by atoms with Crippen LogP contribution < -0.4 is 0 Å². The van der Waals surface area contributed by atoms with Gasteiger partial charge in [0, 0.05) is 28.7 Å². The highest BCUT2D eigenvalue weighted by molar-refractivity contribution is 6.31. The number of carbonyl (C=O) groups is 1. The third kappa shape index (κ3) is 3.56. The van der Waals surface area contributed by atoms with Crippen molar-refractivity contribution in [1.29, 1.82) is 0 Å². The maximum absolute atomic E-state index is 12.1. The van der Waals surface area contributed by atoms with Gasteiger partial charge in [0.05, 0.1) is 30.1 Å². The standard InChI is InChI=1S/C22H21ClN4O2/c1-13(22(28)29-3)10-18-21-25-12-14(2)27(21)19-8-7-15(23)11-16(19)20(26-18)17-6-4-5-9-24-17/h4-9,11-13,18H,10H2,1-3H3. The van der Waals surface area contributed by atoms with Crippen LogP contribution in [0.15, 0.2) is 53.8 Å². The lowest BCUT2D eigenvalue weighted by Gasteiger charge is -2.17. The molecule has 0 saturated heterocycles. The molecule has 2 aromatic heterocycles. The van der Waals surface area contributed by atoms with Crippen molar-refractivity contribution in [2.24, 2.45) is 10.9 Å². The third-order valence-electron chi connectivity index (χ3n) is 5.09. The topological polar surface area (TPSA) is 69.4 Å². The molecule has 0 N–H and O–H groups in total. The monoisotopic (exact) mass is 408 g/mol. The van der Waals surface area contributed by atoms with Crippen molar-refractivity contribution in [2.45, 2.75) is 26.3 Å². The Hall–Kier alpha value is -2.99. The number of benzene rings is 1. The van der Waals surface area contributed by atoms with Crippen molar-refractivity contribution in [3.05, 3.63) is 76.6 Å². The first-order valence-corrected chi connectivity index (χ1v) is 9.79. The number of aromatic nitrogens is 3. The molecule has 7 heteroatoms. The second-order valence-electron chi connectivity index (χ2n) is 7.12. The van der Waals surface area contributed by atoms with Crippen molar-refractivity contribution < 1.29 is 9.53 Å². The van der Waals surface area contributed by atoms with Gasteiger partial charge >= 0.3 is 5.97 Å². The number of hydrogen-bond donors (Lipinski definition) is 0. The molecule has 2 unspecified atom stereocenters. The Morgan fingerprint density at radius 2 is 2.10 bits per heavy atom. The van der Waals surface area contributed by atoms with Crippen LogP contribution in [0.5, 0.6) is 0 Å². The number of nitrogens with zero attached hydrogens (tertiary/aromatic N) is 4. The summed E-state index contributed by atoms with van der Waals surface area (Å²) in [7, 11) is 1.40. The summed E-state index contributed by atoms with van der Waals surface area (Å²) in [6.45, 7) is 3.85. The minimum absolute atomic E-state index is 0.265. The number of hydrogen-bond acceptors (Lipinski definition) is 5. The maximum atomic E-state index is 12.1. The SMILES string of the molecule is COC(=O)C(C)CC1N=C(c2ccccn2)c2cc(Cl)ccc2-n2c(C)cnc21. The summed E-state index contributed by atoms with van der Waals surface area (Å²) in [5.74, 6) is 0.195. The van der Waals surface area contributed by atoms with Crippen LogP contribution in [0.25, 0.3) is 5.69 Å². The van der Waals surface area contributed by atoms with Gasteiger partial charge in [0.25, 0.3) is 0 Å². The summed E-state index contributed by atoms with van der Waals surface area (Å²) >= 11 is 6.34. The number of methoxy groups -OCH3 is 1. The fraction of sp³-hybridized carbons (Fsp3) is 0.273. The van der Waals surface area contributed by atoms with Crippen LogP contribution in [0.4, 0.5) is 0 Å². The second kappa shape index (κ2) is 7.79. The summed E-state index contributed by atoms with van der Waals surface area (Å²) in [4.78, 5) is 26.3. The normalized spacial score (nSPS) is 16.3. The van der Waals surface area contributed by atoms with E-state index in [1.165, 1.54) is 7.11 Å². The van der Waals surface area contributed by atoms with Crippen molar-refractivity contribution in [2.75, 3.05) is 7.11 Å². The van der Waals surface area contributed by atoms with E-state index in [4.69, 9.17) is 21.3 Å². The van der Waals surface area contributed by atoms with E-state index in [2.05, 4.69) is 14.5 Å². The molecule has 0 fully saturated rings. The molecule has 0 aliphatic carbocycles. The zero-order valence-corrected chi connectivity index (χ0v) is 17.2. The molecule has 4 rings (SSSR count). The van der Waals surface area contributed by atoms with Gasteiger partial charge in [0.2, 0.25) is 0 Å². The quantitative estimate of drug-likeness (QED) is 0.603. The number of imidazole rings is 1. The Bertz CT molecular complexity index is 1090. The number of carbonyl (C=O) groups excluding carboxylic acids is 1. The molecule has 0 spiro atoms. The number of rotatable bonds is 4. The van der Waals surface area contributed by atoms with E-state index in [9.17, 15) is 4.79 Å². The summed E-state index contributed by atoms with van der Waals surface area (Å²) in [5, 5.41) is 0.619. The number of fused-ring (bicyclic) bond motifs is 3. The number of aliphatic imine (C=N–C) groups is 1. The lowest BCUT2D eigenvalue weighted by molar-refractivity contribution is -0.145. The first-order valence-electron chi connectivity index (χ1n) is 9.41. The van der Waals surface area contributed by atoms with Crippen molar-refractivity contribution >= 4 is 23.3 Å². The first kappa shape index (κ1) is 19.3. The molecule has 0 amide bonds. The van der Waals surface area contributed by atoms with Gasteiger partial charge in [-0.2, -0.15) is 0 Å². The predicted molar refractivity (Wildman–Crippen MR) is 112 cm³/mol. The molecule has 148 valence electrons. The van der Waals surface area contributed by atoms with Gasteiger partial charge in [-0.25, -0.2) is 4.98 Å². The van der Waals surface area contributed by atoms with Gasteiger partial charge in [-0.1, -0.05) is 24.6 Å². The van der Waals surface area contributed by atoms with E-state index in [1.54, 1.807) is 6.20 Å². The van der Waals surface area contributed by atoms with Crippen molar-refractivity contribution in [1.82, 2.24) is 14.5 Å². The van der Waals surface area contributed by atoms with E-state index >= 15 is 0 Å². The summed E-state index contributed by atoms with van der Waals surface area (Å²) in [6, 6.07) is 11.1. The Labute approximate surface area is 174 Å². The molecular weight excluding hydrogens is 388 g/mol. The fourth-order valence-corrected chi connectivity index (χ4v) is 3.85. The Morgan fingerprint density at radius 1 is 1.28 bits per heavy atom. The molecule has 3 aromatic rings. The average molecular weight is 409 g/mol. The highest BCUT2D eigenvalue weighted by atomic mass is 35.5. The zero-order chi connectivity index (χ0) is 20.5. The number of esters is 1. The van der Waals surface area contributed by atoms with Gasteiger partial charge in [-0.15, -0.1) is 0 Å². The fourth-order valence-electron chi connectivity index (χ4n) is 3.68. The molecule has 29 heavy (non-hydrogen) atoms. The van der Waals surface area contributed by atoms with Crippen LogP contribution in [0.1, 0.15) is 42.2 Å². The average Bonchev–Trinajstić information content (AvgIpc) is 3.05. The van der Waals surface area contributed by atoms with Crippen LogP contribution in [-0.2, 0) is 9.53 Å². The van der Waals surface area contributed by atoms with E-state index < -0.39 is 0 Å². The van der Waals surface area contributed by atoms with Gasteiger partial charge in [-0.05, 0) is 43.7 Å². The Kier molecular flexibility index (Phi) is 5.20. The first-order chi connectivity index (χ1) is 14.0. The van der Waals surface area contributed by atoms with Gasteiger partial charge in [0.1, 0.15) is 11.9 Å². The molecule has 0 saturated carbocycles. The van der Waals surface area contributed by atoms with Crippen LogP contribution in [0.3, 0.4) is 0 Å². The van der Waals surface area contributed by atoms with E-state index in [1.807, 2.05) is 56.4 Å². The molecular formula is C22H21ClN4O2. The molecule has 1 aromatic carbocycles. The number of pyridine rings is 1. The number of halogens is 1. The largest absolute Gasteiger partial charge is 0.469 e. The second-order valence-corrected chi connectivity index (χ2v) is 7.56. The summed E-state index contributed by atoms with van der Waals surface area (Å²) < 4.78 is 7.01. The Morgan fingerprint density at radius 3 is 2.83 bits per heavy atom. The number of ether oxygens (including phenoxy) is 1. The molecule has 6 nitrogen and oxygen atoms in total. The van der Waals surface area contributed by atoms with Gasteiger partial charge in [-0.3, -0.25) is 19.3 Å². The molecule has 1 aliphatic rings. The summed E-state index contributed by atoms with van der Waals surface area (Å²) in [5.41, 5.74) is 4.28. The van der Waals surface area contributed by atoms with Crippen LogP contribution in [0.2, 0.25) is 5.02 Å². The molecule has 3 heterocycles. The minimum Gasteiger partial charge on any atom is -0.469 e. The minimum atomic E-state index is -0.332. The molecule has 0 bridgehead atoms. The van der Waals surface area contributed by atoms with Crippen molar-refractivity contribution in [3.63, 3.8) is 0 Å². The summed E-state index contributed by atoms with van der Waals surface area (Å²) in [6.07, 6.45) is 4.04. The van der Waals surface area contributed by atoms with Crippen molar-refractivity contribution in [3.8, 4) is 5.69 Å². The van der Waals surface area contributed by atoms with Gasteiger partial charge < -0.3 is 4.74 Å². The van der Waals surface area contributed by atoms with Crippen LogP contribution in [0, 0.1) is 12.8 Å². The van der Waals surface area contributed by atoms with E-state index in [0.717, 1.165) is 34.2 Å². The number of aryl methyl sites for hydroxylation is 1. The highest BCUT2D eigenvalue weighted by Gasteiger charge is 2.30. The smallest absolute Gasteiger partial charge is 0.308 e. The molecule has 0 radical (unpaired) electrons. The van der Waals surface area contributed by atoms with E-state index in [-0.39, 0.29) is 17.9 Å². The lowest BCUT2D eigenvalue weighted by Crippen LogP contribution is -2.17. The maximum Gasteiger partial charge on any atom is 0.308 e. The molecule has 2 atom stereocenters. The Balaban J connectivity index is 1.94. The highest BCUT2D eigenvalue weighted by Crippen LogP contribution is 2.35. The van der Waals surface area contributed by atoms with E-state index in [0.29, 0.717) is 11.4 Å². The molecule has 1 aliphatic heterocycles. The third-order valence-corrected chi connectivity index (χ3v) is 5.33. The zero-order valence-electron chi connectivity index (χ0n) is 16.5. The van der Waals surface area contributed by atoms with Crippen LogP contribution >= 0.6 is 11.6 Å². The van der Waals surface area contributed by atoms with Gasteiger partial charge in [0.15, 0.2) is 0 Å². The lowest BCUT2D eigenvalue weighted by atomic mass is 10.0. The predicted octanol–water partition coefficient (Wildman–Crippen LogP) is 4.32.